The highest BCUT2D eigenvalue weighted by Crippen LogP contribution is 2.34. The minimum Gasteiger partial charge on any atom is -0.462 e. The molecule has 1 fully saturated rings. The van der Waals surface area contributed by atoms with Gasteiger partial charge in [-0.1, -0.05) is 32.9 Å². The summed E-state index contributed by atoms with van der Waals surface area (Å²) in [6.07, 6.45) is 0. The van der Waals surface area contributed by atoms with Crippen molar-refractivity contribution in [3.8, 4) is 0 Å². The number of esters is 1. The Morgan fingerprint density at radius 2 is 1.70 bits per heavy atom. The standard InChI is InChI=1S/C27H32N2O7S/c1-6-35-25(30)24-18(2)36-23-12-9-20(17-22(23)24)29(26(31)28-13-15-34-16-14-28)37(32,33)21-10-7-19(8-11-21)27(3,4)5/h7-12,17H,6,13-16H2,1-5H3. The first-order valence-electron chi connectivity index (χ1n) is 12.2. The fraction of sp³-hybridized carbons (Fsp3) is 0.407. The third-order valence-corrected chi connectivity index (χ3v) is 7.99. The zero-order chi connectivity index (χ0) is 27.0. The lowest BCUT2D eigenvalue weighted by Crippen LogP contribution is -2.50. The predicted molar refractivity (Wildman–Crippen MR) is 140 cm³/mol. The fourth-order valence-corrected chi connectivity index (χ4v) is 5.66. The summed E-state index contributed by atoms with van der Waals surface area (Å²) in [5, 5.41) is 0.367. The number of carbonyl (C=O) groups is 2. The number of ether oxygens (including phenoxy) is 2. The zero-order valence-electron chi connectivity index (χ0n) is 21.7. The molecule has 37 heavy (non-hydrogen) atoms. The number of fused-ring (bicyclic) bond motifs is 1. The maximum Gasteiger partial charge on any atom is 0.342 e. The number of morpholine rings is 1. The molecule has 3 aromatic rings. The van der Waals surface area contributed by atoms with Crippen molar-refractivity contribution in [1.29, 1.82) is 0 Å². The van der Waals surface area contributed by atoms with Crippen LogP contribution in [0.4, 0.5) is 10.5 Å². The lowest BCUT2D eigenvalue weighted by Gasteiger charge is -2.32. The molecule has 0 radical (unpaired) electrons. The van der Waals surface area contributed by atoms with E-state index in [1.807, 2.05) is 20.8 Å². The van der Waals surface area contributed by atoms with Crippen LogP contribution in [0.15, 0.2) is 51.8 Å². The summed E-state index contributed by atoms with van der Waals surface area (Å²) in [6, 6.07) is 10.4. The number of anilines is 1. The highest BCUT2D eigenvalue weighted by Gasteiger charge is 2.36. The van der Waals surface area contributed by atoms with E-state index in [0.717, 1.165) is 9.87 Å². The zero-order valence-corrected chi connectivity index (χ0v) is 22.6. The average Bonchev–Trinajstić information content (AvgIpc) is 3.19. The van der Waals surface area contributed by atoms with Gasteiger partial charge >= 0.3 is 12.0 Å². The third-order valence-electron chi connectivity index (χ3n) is 6.28. The van der Waals surface area contributed by atoms with Crippen LogP contribution >= 0.6 is 0 Å². The second-order valence-corrected chi connectivity index (χ2v) is 11.6. The van der Waals surface area contributed by atoms with E-state index in [1.165, 1.54) is 29.2 Å². The Bertz CT molecular complexity index is 1410. The molecule has 0 saturated carbocycles. The van der Waals surface area contributed by atoms with Gasteiger partial charge in [0, 0.05) is 18.5 Å². The molecule has 0 atom stereocenters. The summed E-state index contributed by atoms with van der Waals surface area (Å²) < 4.78 is 45.0. The van der Waals surface area contributed by atoms with E-state index in [-0.39, 0.29) is 41.3 Å². The summed E-state index contributed by atoms with van der Waals surface area (Å²) in [7, 11) is -4.32. The SMILES string of the molecule is CCOC(=O)c1c(C)oc2ccc(N(C(=O)N3CCOCC3)S(=O)(=O)c3ccc(C(C)(C)C)cc3)cc12. The van der Waals surface area contributed by atoms with Gasteiger partial charge in [-0.05, 0) is 55.2 Å². The van der Waals surface area contributed by atoms with E-state index in [9.17, 15) is 18.0 Å². The van der Waals surface area contributed by atoms with Gasteiger partial charge in [-0.3, -0.25) is 0 Å². The van der Waals surface area contributed by atoms with E-state index in [4.69, 9.17) is 13.9 Å². The number of nitrogens with zero attached hydrogens (tertiary/aromatic N) is 2. The minimum absolute atomic E-state index is 0.0174. The van der Waals surface area contributed by atoms with Crippen LogP contribution in [0.1, 0.15) is 49.4 Å². The molecule has 0 bridgehead atoms. The van der Waals surface area contributed by atoms with Gasteiger partial charge < -0.3 is 18.8 Å². The van der Waals surface area contributed by atoms with Gasteiger partial charge in [0.05, 0.1) is 30.4 Å². The Morgan fingerprint density at radius 3 is 2.30 bits per heavy atom. The Balaban J connectivity index is 1.86. The second-order valence-electron chi connectivity index (χ2n) is 9.86. The van der Waals surface area contributed by atoms with Gasteiger partial charge in [-0.2, -0.15) is 4.31 Å². The number of sulfonamides is 1. The van der Waals surface area contributed by atoms with Gasteiger partial charge in [-0.25, -0.2) is 18.0 Å². The monoisotopic (exact) mass is 528 g/mol. The summed E-state index contributed by atoms with van der Waals surface area (Å²) in [5.74, 6) is -0.236. The molecule has 10 heteroatoms. The lowest BCUT2D eigenvalue weighted by molar-refractivity contribution is 0.0526. The van der Waals surface area contributed by atoms with Crippen molar-refractivity contribution >= 4 is 38.7 Å². The highest BCUT2D eigenvalue weighted by atomic mass is 32.2. The number of benzene rings is 2. The van der Waals surface area contributed by atoms with Crippen molar-refractivity contribution in [3.63, 3.8) is 0 Å². The van der Waals surface area contributed by atoms with Gasteiger partial charge in [0.2, 0.25) is 0 Å². The Kier molecular flexibility index (Phi) is 7.34. The molecular weight excluding hydrogens is 496 g/mol. The number of rotatable bonds is 5. The minimum atomic E-state index is -4.32. The fourth-order valence-electron chi connectivity index (χ4n) is 4.26. The molecule has 0 unspecified atom stereocenters. The summed E-state index contributed by atoms with van der Waals surface area (Å²) in [5.41, 5.74) is 1.47. The Hall–Kier alpha value is -3.37. The molecule has 2 amide bonds. The number of amides is 2. The maximum atomic E-state index is 14.0. The molecule has 2 aromatic carbocycles. The molecule has 0 N–H and O–H groups in total. The number of aryl methyl sites for hydroxylation is 1. The quantitative estimate of drug-likeness (QED) is 0.435. The van der Waals surface area contributed by atoms with Crippen molar-refractivity contribution in [2.24, 2.45) is 0 Å². The average molecular weight is 529 g/mol. The van der Waals surface area contributed by atoms with Gasteiger partial charge in [-0.15, -0.1) is 0 Å². The maximum absolute atomic E-state index is 14.0. The Labute approximate surface area is 217 Å². The predicted octanol–water partition coefficient (Wildman–Crippen LogP) is 4.86. The summed E-state index contributed by atoms with van der Waals surface area (Å²) in [4.78, 5) is 27.8. The molecule has 198 valence electrons. The number of hydrogen-bond acceptors (Lipinski definition) is 7. The van der Waals surface area contributed by atoms with Crippen LogP contribution in [0.3, 0.4) is 0 Å². The van der Waals surface area contributed by atoms with Crippen LogP contribution < -0.4 is 4.31 Å². The summed E-state index contributed by atoms with van der Waals surface area (Å²) in [6.45, 7) is 10.8. The number of hydrogen-bond donors (Lipinski definition) is 0. The van der Waals surface area contributed by atoms with Crippen LogP contribution in [-0.2, 0) is 24.9 Å². The number of furan rings is 1. The smallest absolute Gasteiger partial charge is 0.342 e. The first-order valence-corrected chi connectivity index (χ1v) is 13.6. The molecule has 1 aliphatic heterocycles. The normalized spacial score (nSPS) is 14.6. The second kappa shape index (κ2) is 10.2. The molecule has 4 rings (SSSR count). The van der Waals surface area contributed by atoms with Crippen LogP contribution in [0, 0.1) is 6.92 Å². The number of carbonyl (C=O) groups excluding carboxylic acids is 2. The van der Waals surface area contributed by atoms with E-state index in [1.54, 1.807) is 32.0 Å². The van der Waals surface area contributed by atoms with Crippen LogP contribution in [0.25, 0.3) is 11.0 Å². The van der Waals surface area contributed by atoms with Crippen molar-refractivity contribution < 1.29 is 31.9 Å². The molecule has 2 heterocycles. The first kappa shape index (κ1) is 26.7. The highest BCUT2D eigenvalue weighted by molar-refractivity contribution is 7.93. The van der Waals surface area contributed by atoms with Gasteiger partial charge in [0.25, 0.3) is 10.0 Å². The first-order chi connectivity index (χ1) is 17.4. The molecular formula is C27H32N2O7S. The van der Waals surface area contributed by atoms with Crippen LogP contribution in [0.5, 0.6) is 0 Å². The van der Waals surface area contributed by atoms with Crippen molar-refractivity contribution in [2.75, 3.05) is 37.2 Å². The molecule has 9 nitrogen and oxygen atoms in total. The van der Waals surface area contributed by atoms with E-state index < -0.39 is 22.0 Å². The van der Waals surface area contributed by atoms with Crippen molar-refractivity contribution in [3.05, 3.63) is 59.4 Å². The number of urea groups is 1. The third kappa shape index (κ3) is 5.21. The van der Waals surface area contributed by atoms with E-state index >= 15 is 0 Å². The van der Waals surface area contributed by atoms with Gasteiger partial charge in [0.1, 0.15) is 16.9 Å². The molecule has 1 saturated heterocycles. The van der Waals surface area contributed by atoms with Gasteiger partial charge in [0.15, 0.2) is 0 Å². The molecule has 1 aliphatic rings. The molecule has 0 aliphatic carbocycles. The largest absolute Gasteiger partial charge is 0.462 e. The topological polar surface area (TPSA) is 106 Å². The Morgan fingerprint density at radius 1 is 1.05 bits per heavy atom. The molecule has 1 aromatic heterocycles. The molecule has 0 spiro atoms. The van der Waals surface area contributed by atoms with E-state index in [2.05, 4.69) is 0 Å². The summed E-state index contributed by atoms with van der Waals surface area (Å²) >= 11 is 0. The lowest BCUT2D eigenvalue weighted by atomic mass is 9.87. The van der Waals surface area contributed by atoms with E-state index in [0.29, 0.717) is 29.9 Å². The van der Waals surface area contributed by atoms with Crippen molar-refractivity contribution in [1.82, 2.24) is 4.90 Å². The van der Waals surface area contributed by atoms with Crippen LogP contribution in [-0.4, -0.2) is 58.2 Å². The van der Waals surface area contributed by atoms with Crippen LogP contribution in [0.2, 0.25) is 0 Å². The van der Waals surface area contributed by atoms with Crippen molar-refractivity contribution in [2.45, 2.75) is 44.9 Å².